The molecule has 28 heavy (non-hydrogen) atoms. The maximum Gasteiger partial charge on any atom is 0.336 e. The molecule has 144 valence electrons. The van der Waals surface area contributed by atoms with Crippen LogP contribution < -0.4 is 0 Å². The minimum absolute atomic E-state index is 0.313. The van der Waals surface area contributed by atoms with Gasteiger partial charge in [0.2, 0.25) is 5.89 Å². The molecule has 0 amide bonds. The van der Waals surface area contributed by atoms with E-state index in [9.17, 15) is 9.90 Å². The molecule has 0 aliphatic carbocycles. The molecule has 1 atom stereocenters. The molecule has 0 bridgehead atoms. The molecule has 0 spiro atoms. The molecular formula is C22H23N3O3. The van der Waals surface area contributed by atoms with Crippen molar-refractivity contribution in [1.82, 2.24) is 15.0 Å². The van der Waals surface area contributed by atoms with Crippen LogP contribution in [0.4, 0.5) is 0 Å². The number of carboxylic acid groups (broad SMARTS) is 1. The van der Waals surface area contributed by atoms with Crippen molar-refractivity contribution in [3.05, 3.63) is 71.4 Å². The summed E-state index contributed by atoms with van der Waals surface area (Å²) in [6, 6.07) is 15.3. The number of likely N-dealkylation sites (tertiary alicyclic amines) is 1. The predicted molar refractivity (Wildman–Crippen MR) is 105 cm³/mol. The van der Waals surface area contributed by atoms with Crippen LogP contribution in [0.25, 0.3) is 11.1 Å². The highest BCUT2D eigenvalue weighted by atomic mass is 16.5. The van der Waals surface area contributed by atoms with Crippen LogP contribution in [-0.2, 0) is 6.54 Å². The summed E-state index contributed by atoms with van der Waals surface area (Å²) in [4.78, 5) is 18.3. The van der Waals surface area contributed by atoms with Gasteiger partial charge in [0.1, 0.15) is 0 Å². The molecule has 1 saturated heterocycles. The molecule has 1 aliphatic heterocycles. The number of rotatable bonds is 5. The fraction of sp³-hybridized carbons (Fsp3) is 0.318. The van der Waals surface area contributed by atoms with Crippen LogP contribution in [0.15, 0.2) is 53.1 Å². The van der Waals surface area contributed by atoms with Crippen LogP contribution in [0.3, 0.4) is 0 Å². The lowest BCUT2D eigenvalue weighted by Crippen LogP contribution is -2.34. The number of carboxylic acids is 1. The van der Waals surface area contributed by atoms with Crippen molar-refractivity contribution in [3.8, 4) is 11.1 Å². The number of aromatic nitrogens is 2. The first kappa shape index (κ1) is 18.4. The average molecular weight is 377 g/mol. The molecule has 1 aromatic heterocycles. The van der Waals surface area contributed by atoms with Crippen molar-refractivity contribution >= 4 is 5.97 Å². The third-order valence-corrected chi connectivity index (χ3v) is 5.24. The van der Waals surface area contributed by atoms with E-state index in [1.807, 2.05) is 31.2 Å². The number of piperidine rings is 1. The molecule has 3 aromatic rings. The molecule has 1 N–H and O–H groups in total. The van der Waals surface area contributed by atoms with Crippen LogP contribution >= 0.6 is 0 Å². The maximum absolute atomic E-state index is 11.5. The Bertz CT molecular complexity index is 965. The first-order valence-corrected chi connectivity index (χ1v) is 9.54. The first-order chi connectivity index (χ1) is 13.6. The lowest BCUT2D eigenvalue weighted by atomic mass is 9.96. The van der Waals surface area contributed by atoms with Crippen molar-refractivity contribution in [2.45, 2.75) is 32.2 Å². The summed E-state index contributed by atoms with van der Waals surface area (Å²) in [5, 5.41) is 13.5. The summed E-state index contributed by atoms with van der Waals surface area (Å²) >= 11 is 0. The Kier molecular flexibility index (Phi) is 5.21. The van der Waals surface area contributed by atoms with Gasteiger partial charge in [0, 0.05) is 25.9 Å². The fourth-order valence-electron chi connectivity index (χ4n) is 3.86. The fourth-order valence-corrected chi connectivity index (χ4v) is 3.86. The first-order valence-electron chi connectivity index (χ1n) is 9.54. The number of benzene rings is 2. The Morgan fingerprint density at radius 3 is 2.71 bits per heavy atom. The van der Waals surface area contributed by atoms with Gasteiger partial charge in [-0.05, 0) is 42.1 Å². The van der Waals surface area contributed by atoms with Crippen LogP contribution in [0.1, 0.15) is 46.4 Å². The predicted octanol–water partition coefficient (Wildman–Crippen LogP) is 4.12. The SMILES string of the molecule is Cc1nc(C2CCCN(Cc3ccc(-c4ccccc4C(=O)O)cc3)C2)no1. The van der Waals surface area contributed by atoms with Crippen molar-refractivity contribution in [3.63, 3.8) is 0 Å². The summed E-state index contributed by atoms with van der Waals surface area (Å²) in [6.07, 6.45) is 2.20. The smallest absolute Gasteiger partial charge is 0.336 e. The second-order valence-electron chi connectivity index (χ2n) is 7.29. The van der Waals surface area contributed by atoms with Crippen molar-refractivity contribution in [2.24, 2.45) is 0 Å². The molecule has 1 aliphatic rings. The van der Waals surface area contributed by atoms with E-state index < -0.39 is 5.97 Å². The molecule has 0 radical (unpaired) electrons. The number of hydrogen-bond acceptors (Lipinski definition) is 5. The molecule has 2 heterocycles. The monoisotopic (exact) mass is 377 g/mol. The zero-order valence-electron chi connectivity index (χ0n) is 15.8. The largest absolute Gasteiger partial charge is 0.478 e. The minimum atomic E-state index is -0.907. The van der Waals surface area contributed by atoms with Crippen molar-refractivity contribution in [1.29, 1.82) is 0 Å². The quantitative estimate of drug-likeness (QED) is 0.720. The zero-order chi connectivity index (χ0) is 19.5. The summed E-state index contributed by atoms with van der Waals surface area (Å²) < 4.78 is 5.13. The molecule has 2 aromatic carbocycles. The van der Waals surface area contributed by atoms with Crippen LogP contribution in [-0.4, -0.2) is 39.2 Å². The number of carbonyl (C=O) groups is 1. The van der Waals surface area contributed by atoms with E-state index in [1.165, 1.54) is 5.56 Å². The van der Waals surface area contributed by atoms with E-state index in [1.54, 1.807) is 12.1 Å². The van der Waals surface area contributed by atoms with Crippen LogP contribution in [0.5, 0.6) is 0 Å². The van der Waals surface area contributed by atoms with E-state index in [-0.39, 0.29) is 0 Å². The number of aryl methyl sites for hydroxylation is 1. The molecule has 1 fully saturated rings. The van der Waals surface area contributed by atoms with Crippen molar-refractivity contribution in [2.75, 3.05) is 13.1 Å². The van der Waals surface area contributed by atoms with Gasteiger partial charge in [-0.1, -0.05) is 47.6 Å². The third-order valence-electron chi connectivity index (χ3n) is 5.24. The summed E-state index contributed by atoms with van der Waals surface area (Å²) in [7, 11) is 0. The van der Waals surface area contributed by atoms with Gasteiger partial charge in [0.15, 0.2) is 5.82 Å². The van der Waals surface area contributed by atoms with Gasteiger partial charge in [0.25, 0.3) is 0 Å². The maximum atomic E-state index is 11.5. The Hall–Kier alpha value is -2.99. The summed E-state index contributed by atoms with van der Waals surface area (Å²) in [5.74, 6) is 0.829. The van der Waals surface area contributed by atoms with Gasteiger partial charge in [0.05, 0.1) is 5.56 Å². The standard InChI is InChI=1S/C22H23N3O3/c1-15-23-21(24-28-15)18-5-4-12-25(14-18)13-16-8-10-17(11-9-16)19-6-2-3-7-20(19)22(26)27/h2-3,6-11,18H,4-5,12-14H2,1H3,(H,26,27). The lowest BCUT2D eigenvalue weighted by Gasteiger charge is -2.31. The zero-order valence-corrected chi connectivity index (χ0v) is 15.8. The minimum Gasteiger partial charge on any atom is -0.478 e. The number of nitrogens with zero attached hydrogens (tertiary/aromatic N) is 3. The van der Waals surface area contributed by atoms with E-state index >= 15 is 0 Å². The Morgan fingerprint density at radius 2 is 2.00 bits per heavy atom. The molecule has 6 nitrogen and oxygen atoms in total. The average Bonchev–Trinajstić information content (AvgIpc) is 3.15. The van der Waals surface area contributed by atoms with Gasteiger partial charge in [-0.2, -0.15) is 4.98 Å². The normalized spacial score (nSPS) is 17.5. The van der Waals surface area contributed by atoms with Gasteiger partial charge < -0.3 is 9.63 Å². The molecule has 0 saturated carbocycles. The van der Waals surface area contributed by atoms with E-state index in [0.717, 1.165) is 49.4 Å². The molecule has 4 rings (SSSR count). The van der Waals surface area contributed by atoms with Gasteiger partial charge in [-0.3, -0.25) is 4.90 Å². The topological polar surface area (TPSA) is 79.5 Å². The van der Waals surface area contributed by atoms with Crippen LogP contribution in [0.2, 0.25) is 0 Å². The third kappa shape index (κ3) is 3.97. The highest BCUT2D eigenvalue weighted by molar-refractivity contribution is 5.95. The second kappa shape index (κ2) is 7.94. The second-order valence-corrected chi connectivity index (χ2v) is 7.29. The van der Waals surface area contributed by atoms with E-state index in [0.29, 0.717) is 17.4 Å². The Labute approximate surface area is 163 Å². The Balaban J connectivity index is 1.45. The Morgan fingerprint density at radius 1 is 1.21 bits per heavy atom. The number of hydrogen-bond donors (Lipinski definition) is 1. The van der Waals surface area contributed by atoms with Crippen LogP contribution in [0, 0.1) is 6.92 Å². The van der Waals surface area contributed by atoms with Crippen molar-refractivity contribution < 1.29 is 14.4 Å². The lowest BCUT2D eigenvalue weighted by molar-refractivity contribution is 0.0697. The van der Waals surface area contributed by atoms with Gasteiger partial charge in [-0.15, -0.1) is 0 Å². The van der Waals surface area contributed by atoms with E-state index in [2.05, 4.69) is 27.2 Å². The summed E-state index contributed by atoms with van der Waals surface area (Å²) in [5.41, 5.74) is 3.19. The highest BCUT2D eigenvalue weighted by Gasteiger charge is 2.25. The molecule has 1 unspecified atom stereocenters. The van der Waals surface area contributed by atoms with Gasteiger partial charge in [-0.25, -0.2) is 4.79 Å². The summed E-state index contributed by atoms with van der Waals surface area (Å²) in [6.45, 7) is 4.65. The van der Waals surface area contributed by atoms with Gasteiger partial charge >= 0.3 is 5.97 Å². The highest BCUT2D eigenvalue weighted by Crippen LogP contribution is 2.27. The number of aromatic carboxylic acids is 1. The molecule has 6 heteroatoms. The van der Waals surface area contributed by atoms with E-state index in [4.69, 9.17) is 4.52 Å². The molecular weight excluding hydrogens is 354 g/mol.